The van der Waals surface area contributed by atoms with Crippen LogP contribution in [0.2, 0.25) is 0 Å². The smallest absolute Gasteiger partial charge is 0.0898 e. The lowest BCUT2D eigenvalue weighted by Gasteiger charge is -2.18. The molecule has 0 aliphatic heterocycles. The van der Waals surface area contributed by atoms with Gasteiger partial charge in [-0.3, -0.25) is 0 Å². The van der Waals surface area contributed by atoms with Crippen molar-refractivity contribution in [2.24, 2.45) is 5.73 Å². The minimum atomic E-state index is 0.210. The van der Waals surface area contributed by atoms with E-state index >= 15 is 0 Å². The lowest BCUT2D eigenvalue weighted by molar-refractivity contribution is 0.738. The molecule has 0 spiro atoms. The number of aromatic nitrogens is 1. The molecule has 2 N–H and O–H groups in total. The van der Waals surface area contributed by atoms with Gasteiger partial charge >= 0.3 is 0 Å². The molecule has 0 amide bonds. The van der Waals surface area contributed by atoms with Crippen molar-refractivity contribution in [3.63, 3.8) is 0 Å². The fourth-order valence-electron chi connectivity index (χ4n) is 2.07. The Morgan fingerprint density at radius 1 is 1.32 bits per heavy atom. The van der Waals surface area contributed by atoms with Crippen LogP contribution in [-0.4, -0.2) is 18.1 Å². The topological polar surface area (TPSA) is 42.2 Å². The third kappa shape index (κ3) is 4.04. The van der Waals surface area contributed by atoms with E-state index in [2.05, 4.69) is 46.6 Å². The number of nitrogens with two attached hydrogens (primary N) is 1. The maximum atomic E-state index is 5.81. The van der Waals surface area contributed by atoms with Gasteiger partial charge in [-0.05, 0) is 38.0 Å². The van der Waals surface area contributed by atoms with Gasteiger partial charge in [0, 0.05) is 24.2 Å². The van der Waals surface area contributed by atoms with E-state index in [9.17, 15) is 0 Å². The van der Waals surface area contributed by atoms with Crippen LogP contribution in [0.1, 0.15) is 23.2 Å². The first-order chi connectivity index (χ1) is 9.04. The van der Waals surface area contributed by atoms with Crippen LogP contribution in [0.15, 0.2) is 29.6 Å². The van der Waals surface area contributed by atoms with Crippen molar-refractivity contribution in [1.82, 2.24) is 4.98 Å². The number of benzene rings is 1. The van der Waals surface area contributed by atoms with E-state index in [1.54, 1.807) is 11.3 Å². The van der Waals surface area contributed by atoms with Gasteiger partial charge < -0.3 is 10.6 Å². The molecule has 1 atom stereocenters. The normalized spacial score (nSPS) is 12.4. The number of thiazole rings is 1. The Morgan fingerprint density at radius 2 is 2.00 bits per heavy atom. The zero-order chi connectivity index (χ0) is 13.8. The number of nitrogens with zero attached hydrogens (tertiary/aromatic N) is 2. The molecule has 0 aliphatic rings. The summed E-state index contributed by atoms with van der Waals surface area (Å²) in [5.41, 5.74) is 9.43. The second kappa shape index (κ2) is 6.17. The summed E-state index contributed by atoms with van der Waals surface area (Å²) in [4.78, 5) is 6.71. The molecule has 0 fully saturated rings. The Kier molecular flexibility index (Phi) is 4.56. The molecule has 1 heterocycles. The number of hydrogen-bond donors (Lipinski definition) is 1. The lowest BCUT2D eigenvalue weighted by atomic mass is 10.1. The van der Waals surface area contributed by atoms with E-state index in [4.69, 9.17) is 5.73 Å². The summed E-state index contributed by atoms with van der Waals surface area (Å²) in [7, 11) is 2.09. The highest BCUT2D eigenvalue weighted by atomic mass is 32.1. The molecule has 0 aliphatic carbocycles. The van der Waals surface area contributed by atoms with Crippen LogP contribution in [-0.2, 0) is 13.0 Å². The summed E-state index contributed by atoms with van der Waals surface area (Å²) in [6.07, 6.45) is 0.926. The second-order valence-electron chi connectivity index (χ2n) is 5.06. The van der Waals surface area contributed by atoms with Crippen LogP contribution in [0.4, 0.5) is 5.69 Å². The van der Waals surface area contributed by atoms with Gasteiger partial charge in [0.1, 0.15) is 0 Å². The molecule has 2 rings (SSSR count). The summed E-state index contributed by atoms with van der Waals surface area (Å²) in [6, 6.07) is 8.82. The first-order valence-electron chi connectivity index (χ1n) is 6.51. The van der Waals surface area contributed by atoms with Gasteiger partial charge in [-0.15, -0.1) is 11.3 Å². The largest absolute Gasteiger partial charge is 0.369 e. The Balaban J connectivity index is 2.01. The fraction of sp³-hybridized carbons (Fsp3) is 0.400. The zero-order valence-electron chi connectivity index (χ0n) is 11.8. The molecule has 1 aromatic heterocycles. The summed E-state index contributed by atoms with van der Waals surface area (Å²) >= 11 is 1.70. The maximum Gasteiger partial charge on any atom is 0.0898 e. The van der Waals surface area contributed by atoms with Gasteiger partial charge in [0.25, 0.3) is 0 Å². The van der Waals surface area contributed by atoms with Gasteiger partial charge in [-0.2, -0.15) is 0 Å². The molecule has 0 bridgehead atoms. The molecule has 1 unspecified atom stereocenters. The van der Waals surface area contributed by atoms with Crippen LogP contribution in [0.25, 0.3) is 0 Å². The second-order valence-corrected chi connectivity index (χ2v) is 6.12. The maximum absolute atomic E-state index is 5.81. The lowest BCUT2D eigenvalue weighted by Crippen LogP contribution is -2.18. The Labute approximate surface area is 119 Å². The summed E-state index contributed by atoms with van der Waals surface area (Å²) < 4.78 is 0. The van der Waals surface area contributed by atoms with Crippen molar-refractivity contribution in [2.45, 2.75) is 32.9 Å². The van der Waals surface area contributed by atoms with E-state index in [-0.39, 0.29) is 6.04 Å². The standard InChI is InChI=1S/C15H21N3S/c1-11(16)8-13-4-6-15(7-5-13)18(3)9-14-10-19-12(2)17-14/h4-7,10-11H,8-9,16H2,1-3H3. The van der Waals surface area contributed by atoms with Crippen molar-refractivity contribution in [2.75, 3.05) is 11.9 Å². The van der Waals surface area contributed by atoms with E-state index in [1.165, 1.54) is 11.3 Å². The van der Waals surface area contributed by atoms with Gasteiger partial charge in [0.05, 0.1) is 17.2 Å². The van der Waals surface area contributed by atoms with Crippen molar-refractivity contribution in [3.05, 3.63) is 45.9 Å². The molecule has 0 radical (unpaired) electrons. The highest BCUT2D eigenvalue weighted by molar-refractivity contribution is 7.09. The van der Waals surface area contributed by atoms with Gasteiger partial charge in [0.15, 0.2) is 0 Å². The fourth-order valence-corrected chi connectivity index (χ4v) is 2.68. The number of hydrogen-bond acceptors (Lipinski definition) is 4. The third-order valence-corrected chi connectivity index (χ3v) is 3.82. The van der Waals surface area contributed by atoms with Crippen molar-refractivity contribution in [3.8, 4) is 0 Å². The van der Waals surface area contributed by atoms with Crippen molar-refractivity contribution >= 4 is 17.0 Å². The SMILES string of the molecule is Cc1nc(CN(C)c2ccc(CC(C)N)cc2)cs1. The first-order valence-corrected chi connectivity index (χ1v) is 7.39. The van der Waals surface area contributed by atoms with Crippen LogP contribution >= 0.6 is 11.3 Å². The molecule has 2 aromatic rings. The quantitative estimate of drug-likeness (QED) is 0.912. The number of anilines is 1. The first kappa shape index (κ1) is 14.0. The molecule has 3 nitrogen and oxygen atoms in total. The Bertz CT molecular complexity index is 516. The summed E-state index contributed by atoms with van der Waals surface area (Å²) in [5, 5.41) is 3.24. The summed E-state index contributed by atoms with van der Waals surface area (Å²) in [5.74, 6) is 0. The average molecular weight is 275 g/mol. The van der Waals surface area contributed by atoms with E-state index < -0.39 is 0 Å². The van der Waals surface area contributed by atoms with Gasteiger partial charge in [-0.25, -0.2) is 4.98 Å². The van der Waals surface area contributed by atoms with Crippen LogP contribution in [0.5, 0.6) is 0 Å². The monoisotopic (exact) mass is 275 g/mol. The molecular formula is C15H21N3S. The van der Waals surface area contributed by atoms with Crippen LogP contribution < -0.4 is 10.6 Å². The number of aryl methyl sites for hydroxylation is 1. The molecule has 0 saturated heterocycles. The molecule has 102 valence electrons. The predicted molar refractivity (Wildman–Crippen MR) is 82.8 cm³/mol. The van der Waals surface area contributed by atoms with Crippen molar-refractivity contribution < 1.29 is 0 Å². The van der Waals surface area contributed by atoms with E-state index in [0.717, 1.165) is 23.7 Å². The highest BCUT2D eigenvalue weighted by Gasteiger charge is 2.05. The molecule has 0 saturated carbocycles. The molecule has 4 heteroatoms. The van der Waals surface area contributed by atoms with Crippen LogP contribution in [0.3, 0.4) is 0 Å². The van der Waals surface area contributed by atoms with Crippen LogP contribution in [0, 0.1) is 6.92 Å². The van der Waals surface area contributed by atoms with Gasteiger partial charge in [-0.1, -0.05) is 12.1 Å². The Morgan fingerprint density at radius 3 is 2.53 bits per heavy atom. The van der Waals surface area contributed by atoms with Crippen molar-refractivity contribution in [1.29, 1.82) is 0 Å². The number of rotatable bonds is 5. The minimum Gasteiger partial charge on any atom is -0.369 e. The Hall–Kier alpha value is -1.39. The highest BCUT2D eigenvalue weighted by Crippen LogP contribution is 2.18. The molecular weight excluding hydrogens is 254 g/mol. The minimum absolute atomic E-state index is 0.210. The molecule has 1 aromatic carbocycles. The van der Waals surface area contributed by atoms with Gasteiger partial charge in [0.2, 0.25) is 0 Å². The summed E-state index contributed by atoms with van der Waals surface area (Å²) in [6.45, 7) is 4.92. The zero-order valence-corrected chi connectivity index (χ0v) is 12.6. The predicted octanol–water partition coefficient (Wildman–Crippen LogP) is 2.98. The third-order valence-electron chi connectivity index (χ3n) is 3.00. The van der Waals surface area contributed by atoms with E-state index in [1.807, 2.05) is 13.8 Å². The average Bonchev–Trinajstić information content (AvgIpc) is 2.75. The molecule has 19 heavy (non-hydrogen) atoms. The van der Waals surface area contributed by atoms with E-state index in [0.29, 0.717) is 0 Å².